The van der Waals surface area contributed by atoms with E-state index in [1.165, 1.54) is 24.1 Å². The molecule has 0 fully saturated rings. The van der Waals surface area contributed by atoms with Crippen LogP contribution in [0.1, 0.15) is 24.1 Å². The molecule has 1 aliphatic rings. The number of aryl methyl sites for hydroxylation is 1. The number of rotatable bonds is 2. The van der Waals surface area contributed by atoms with E-state index < -0.39 is 0 Å². The topological polar surface area (TPSA) is 61.7 Å². The van der Waals surface area contributed by atoms with Crippen LogP contribution in [0.3, 0.4) is 0 Å². The van der Waals surface area contributed by atoms with E-state index in [4.69, 9.17) is 10.00 Å². The van der Waals surface area contributed by atoms with Crippen LogP contribution >= 0.6 is 0 Å². The van der Waals surface area contributed by atoms with Crippen molar-refractivity contribution in [1.29, 1.82) is 5.26 Å². The van der Waals surface area contributed by atoms with Gasteiger partial charge in [0, 0.05) is 11.3 Å². The van der Waals surface area contributed by atoms with Gasteiger partial charge in [-0.1, -0.05) is 0 Å². The summed E-state index contributed by atoms with van der Waals surface area (Å²) in [4.78, 5) is 0. The molecule has 0 spiro atoms. The highest BCUT2D eigenvalue weighted by Crippen LogP contribution is 2.26. The second kappa shape index (κ2) is 3.48. The molecule has 0 saturated heterocycles. The Morgan fingerprint density at radius 2 is 2.31 bits per heavy atom. The van der Waals surface area contributed by atoms with Crippen LogP contribution in [-0.4, -0.2) is 16.8 Å². The summed E-state index contributed by atoms with van der Waals surface area (Å²) in [6, 6.07) is 1.94. The largest absolute Gasteiger partial charge is 0.461 e. The van der Waals surface area contributed by atoms with Gasteiger partial charge in [-0.25, -0.2) is 0 Å². The maximum atomic E-state index is 8.36. The summed E-state index contributed by atoms with van der Waals surface area (Å²) < 4.78 is 5.19. The number of hydrogen-bond acceptors (Lipinski definition) is 3. The number of aromatic nitrogens is 2. The third-order valence-corrected chi connectivity index (χ3v) is 2.29. The SMILES string of the molecule is N#CCOc1n[nH]c2c1CCCC2. The van der Waals surface area contributed by atoms with Crippen molar-refractivity contribution in [3.63, 3.8) is 0 Å². The predicted molar refractivity (Wildman–Crippen MR) is 46.3 cm³/mol. The second-order valence-corrected chi connectivity index (χ2v) is 3.14. The zero-order chi connectivity index (χ0) is 9.10. The number of hydrogen-bond donors (Lipinski definition) is 1. The first kappa shape index (κ1) is 8.11. The third-order valence-electron chi connectivity index (χ3n) is 2.29. The molecular formula is C9H11N3O. The number of ether oxygens (including phenoxy) is 1. The van der Waals surface area contributed by atoms with Gasteiger partial charge in [0.25, 0.3) is 0 Å². The summed E-state index contributed by atoms with van der Waals surface area (Å²) in [5.74, 6) is 0.622. The maximum absolute atomic E-state index is 8.36. The van der Waals surface area contributed by atoms with Gasteiger partial charge in [-0.3, -0.25) is 5.10 Å². The van der Waals surface area contributed by atoms with Gasteiger partial charge in [0.1, 0.15) is 6.07 Å². The van der Waals surface area contributed by atoms with E-state index in [1.54, 1.807) is 0 Å². The molecule has 0 amide bonds. The maximum Gasteiger partial charge on any atom is 0.237 e. The minimum atomic E-state index is 0.0806. The summed E-state index contributed by atoms with van der Waals surface area (Å²) in [5.41, 5.74) is 2.35. The Morgan fingerprint density at radius 1 is 1.46 bits per heavy atom. The van der Waals surface area contributed by atoms with Crippen LogP contribution in [0.5, 0.6) is 5.88 Å². The Balaban J connectivity index is 2.18. The van der Waals surface area contributed by atoms with E-state index in [0.29, 0.717) is 5.88 Å². The summed E-state index contributed by atoms with van der Waals surface area (Å²) in [6.07, 6.45) is 4.48. The zero-order valence-corrected chi connectivity index (χ0v) is 7.34. The molecule has 0 atom stereocenters. The average molecular weight is 177 g/mol. The number of aromatic amines is 1. The highest BCUT2D eigenvalue weighted by molar-refractivity contribution is 5.32. The van der Waals surface area contributed by atoms with Crippen LogP contribution in [0.15, 0.2) is 0 Å². The molecule has 0 bridgehead atoms. The summed E-state index contributed by atoms with van der Waals surface area (Å²) >= 11 is 0. The van der Waals surface area contributed by atoms with Gasteiger partial charge in [0.2, 0.25) is 5.88 Å². The van der Waals surface area contributed by atoms with Crippen LogP contribution in [0.2, 0.25) is 0 Å². The smallest absolute Gasteiger partial charge is 0.237 e. The molecule has 2 rings (SSSR count). The lowest BCUT2D eigenvalue weighted by Crippen LogP contribution is -2.02. The lowest BCUT2D eigenvalue weighted by molar-refractivity contribution is 0.348. The third kappa shape index (κ3) is 1.50. The van der Waals surface area contributed by atoms with E-state index in [-0.39, 0.29) is 6.61 Å². The van der Waals surface area contributed by atoms with Gasteiger partial charge < -0.3 is 4.74 Å². The molecule has 1 heterocycles. The van der Waals surface area contributed by atoms with Gasteiger partial charge in [0.05, 0.1) is 0 Å². The van der Waals surface area contributed by atoms with Crippen LogP contribution in [0.25, 0.3) is 0 Å². The average Bonchev–Trinajstić information content (AvgIpc) is 2.58. The minimum Gasteiger partial charge on any atom is -0.461 e. The summed E-state index contributed by atoms with van der Waals surface area (Å²) in [6.45, 7) is 0.0806. The Morgan fingerprint density at radius 3 is 3.15 bits per heavy atom. The predicted octanol–water partition coefficient (Wildman–Crippen LogP) is 1.19. The zero-order valence-electron chi connectivity index (χ0n) is 7.34. The molecule has 1 aromatic heterocycles. The standard InChI is InChI=1S/C9H11N3O/c10-5-6-13-9-7-3-1-2-4-8(7)11-12-9/h1-4,6H2,(H,11,12). The molecule has 1 aliphatic carbocycles. The number of H-pyrrole nitrogens is 1. The van der Waals surface area contributed by atoms with E-state index >= 15 is 0 Å². The fourth-order valence-corrected chi connectivity index (χ4v) is 1.67. The van der Waals surface area contributed by atoms with Crippen LogP contribution < -0.4 is 4.74 Å². The second-order valence-electron chi connectivity index (χ2n) is 3.14. The first-order chi connectivity index (χ1) is 6.42. The lowest BCUT2D eigenvalue weighted by atomic mass is 9.98. The van der Waals surface area contributed by atoms with Crippen molar-refractivity contribution in [3.05, 3.63) is 11.3 Å². The molecule has 1 N–H and O–H groups in total. The van der Waals surface area contributed by atoms with Crippen molar-refractivity contribution in [1.82, 2.24) is 10.2 Å². The van der Waals surface area contributed by atoms with E-state index in [1.807, 2.05) is 6.07 Å². The van der Waals surface area contributed by atoms with E-state index in [2.05, 4.69) is 10.2 Å². The summed E-state index contributed by atoms with van der Waals surface area (Å²) in [7, 11) is 0. The molecule has 0 aliphatic heterocycles. The van der Waals surface area contributed by atoms with Gasteiger partial charge >= 0.3 is 0 Å². The molecule has 4 heteroatoms. The van der Waals surface area contributed by atoms with E-state index in [0.717, 1.165) is 12.8 Å². The Bertz CT molecular complexity index is 337. The number of nitrogens with zero attached hydrogens (tertiary/aromatic N) is 2. The fraction of sp³-hybridized carbons (Fsp3) is 0.556. The quantitative estimate of drug-likeness (QED) is 0.738. The highest BCUT2D eigenvalue weighted by atomic mass is 16.5. The van der Waals surface area contributed by atoms with Gasteiger partial charge in [-0.2, -0.15) is 5.26 Å². The monoisotopic (exact) mass is 177 g/mol. The van der Waals surface area contributed by atoms with Crippen LogP contribution in [0.4, 0.5) is 0 Å². The Kier molecular flexibility index (Phi) is 2.17. The normalized spacial score (nSPS) is 14.7. The van der Waals surface area contributed by atoms with Crippen molar-refractivity contribution >= 4 is 0 Å². The van der Waals surface area contributed by atoms with Crippen molar-refractivity contribution in [2.45, 2.75) is 25.7 Å². The lowest BCUT2D eigenvalue weighted by Gasteiger charge is -2.10. The summed E-state index contributed by atoms with van der Waals surface area (Å²) in [5, 5.41) is 15.3. The Hall–Kier alpha value is -1.50. The molecule has 68 valence electrons. The van der Waals surface area contributed by atoms with Gasteiger partial charge in [0.15, 0.2) is 6.61 Å². The van der Waals surface area contributed by atoms with Crippen LogP contribution in [-0.2, 0) is 12.8 Å². The number of nitrogens with one attached hydrogen (secondary N) is 1. The van der Waals surface area contributed by atoms with E-state index in [9.17, 15) is 0 Å². The molecular weight excluding hydrogens is 166 g/mol. The number of nitriles is 1. The molecule has 0 saturated carbocycles. The van der Waals surface area contributed by atoms with Gasteiger partial charge in [-0.15, -0.1) is 5.10 Å². The molecule has 0 radical (unpaired) electrons. The molecule has 0 aromatic carbocycles. The minimum absolute atomic E-state index is 0.0806. The molecule has 4 nitrogen and oxygen atoms in total. The van der Waals surface area contributed by atoms with Gasteiger partial charge in [-0.05, 0) is 25.7 Å². The molecule has 0 unspecified atom stereocenters. The first-order valence-electron chi connectivity index (χ1n) is 4.47. The molecule has 1 aromatic rings. The Labute approximate surface area is 76.5 Å². The highest BCUT2D eigenvalue weighted by Gasteiger charge is 2.17. The van der Waals surface area contributed by atoms with Crippen molar-refractivity contribution in [2.24, 2.45) is 0 Å². The fourth-order valence-electron chi connectivity index (χ4n) is 1.67. The molecule has 13 heavy (non-hydrogen) atoms. The van der Waals surface area contributed by atoms with Crippen molar-refractivity contribution < 1.29 is 4.74 Å². The number of fused-ring (bicyclic) bond motifs is 1. The van der Waals surface area contributed by atoms with Crippen molar-refractivity contribution in [3.8, 4) is 11.9 Å². The van der Waals surface area contributed by atoms with Crippen LogP contribution in [0, 0.1) is 11.3 Å². The van der Waals surface area contributed by atoms with Crippen molar-refractivity contribution in [2.75, 3.05) is 6.61 Å². The first-order valence-corrected chi connectivity index (χ1v) is 4.47.